The van der Waals surface area contributed by atoms with Crippen LogP contribution in [0.1, 0.15) is 12.1 Å². The molecule has 35 heavy (non-hydrogen) atoms. The third kappa shape index (κ3) is 4.69. The molecule has 9 nitrogen and oxygen atoms in total. The van der Waals surface area contributed by atoms with Gasteiger partial charge >= 0.3 is 0 Å². The summed E-state index contributed by atoms with van der Waals surface area (Å²) in [6.07, 6.45) is 4.87. The minimum atomic E-state index is -0.536. The summed E-state index contributed by atoms with van der Waals surface area (Å²) in [6.45, 7) is 2.89. The third-order valence-corrected chi connectivity index (χ3v) is 5.56. The number of halogens is 1. The Morgan fingerprint density at radius 2 is 2.03 bits per heavy atom. The van der Waals surface area contributed by atoms with Gasteiger partial charge in [0.15, 0.2) is 23.8 Å². The number of hydrogen-bond donors (Lipinski definition) is 2. The van der Waals surface area contributed by atoms with Crippen molar-refractivity contribution < 1.29 is 13.5 Å². The van der Waals surface area contributed by atoms with E-state index in [1.807, 2.05) is 49.4 Å². The SMILES string of the molecule is COCCCN(c1nc(Nc2cccc(-c3ocnc3C)c2)ncc1F)c1cccc2[nH]cnc12. The molecule has 5 aromatic rings. The van der Waals surface area contributed by atoms with Crippen molar-refractivity contribution in [2.75, 3.05) is 30.5 Å². The molecule has 0 unspecified atom stereocenters. The number of para-hydroxylation sites is 1. The maximum Gasteiger partial charge on any atom is 0.229 e. The Morgan fingerprint density at radius 1 is 1.14 bits per heavy atom. The molecule has 0 radical (unpaired) electrons. The number of oxazole rings is 1. The molecule has 0 aliphatic heterocycles. The number of rotatable bonds is 9. The van der Waals surface area contributed by atoms with E-state index in [1.54, 1.807) is 18.3 Å². The summed E-state index contributed by atoms with van der Waals surface area (Å²) in [4.78, 5) is 22.2. The lowest BCUT2D eigenvalue weighted by Crippen LogP contribution is -2.23. The largest absolute Gasteiger partial charge is 0.443 e. The fourth-order valence-electron chi connectivity index (χ4n) is 3.93. The topological polar surface area (TPSA) is 105 Å². The van der Waals surface area contributed by atoms with Crippen molar-refractivity contribution in [2.45, 2.75) is 13.3 Å². The molecule has 5 rings (SSSR count). The number of hydrogen-bond acceptors (Lipinski definition) is 8. The van der Waals surface area contributed by atoms with E-state index < -0.39 is 5.82 Å². The van der Waals surface area contributed by atoms with E-state index in [4.69, 9.17) is 9.15 Å². The normalized spacial score (nSPS) is 11.2. The van der Waals surface area contributed by atoms with Crippen LogP contribution in [0.15, 0.2) is 65.8 Å². The van der Waals surface area contributed by atoms with E-state index in [-0.39, 0.29) is 11.8 Å². The van der Waals surface area contributed by atoms with Crippen LogP contribution in [0.3, 0.4) is 0 Å². The van der Waals surface area contributed by atoms with Gasteiger partial charge in [-0.1, -0.05) is 18.2 Å². The number of methoxy groups -OCH3 is 1. The molecular formula is C25H24FN7O2. The second kappa shape index (κ2) is 9.90. The number of benzene rings is 2. The van der Waals surface area contributed by atoms with Crippen molar-refractivity contribution in [2.24, 2.45) is 0 Å². The lowest BCUT2D eigenvalue weighted by molar-refractivity contribution is 0.196. The van der Waals surface area contributed by atoms with Crippen LogP contribution in [0.4, 0.5) is 27.5 Å². The highest BCUT2D eigenvalue weighted by Gasteiger charge is 2.20. The molecule has 178 valence electrons. The van der Waals surface area contributed by atoms with Crippen LogP contribution in [0.2, 0.25) is 0 Å². The molecule has 3 heterocycles. The summed E-state index contributed by atoms with van der Waals surface area (Å²) >= 11 is 0. The number of nitrogens with zero attached hydrogens (tertiary/aromatic N) is 5. The van der Waals surface area contributed by atoms with Crippen molar-refractivity contribution in [1.29, 1.82) is 0 Å². The van der Waals surface area contributed by atoms with Crippen molar-refractivity contribution >= 4 is 34.2 Å². The first-order valence-electron chi connectivity index (χ1n) is 11.1. The first-order valence-corrected chi connectivity index (χ1v) is 11.1. The van der Waals surface area contributed by atoms with Crippen LogP contribution in [-0.4, -0.2) is 45.2 Å². The van der Waals surface area contributed by atoms with Gasteiger partial charge in [0.1, 0.15) is 5.52 Å². The van der Waals surface area contributed by atoms with Gasteiger partial charge in [-0.25, -0.2) is 19.3 Å². The van der Waals surface area contributed by atoms with Crippen LogP contribution >= 0.6 is 0 Å². The number of aromatic nitrogens is 5. The van der Waals surface area contributed by atoms with Gasteiger partial charge in [-0.05, 0) is 37.6 Å². The summed E-state index contributed by atoms with van der Waals surface area (Å²) in [5.74, 6) is 0.562. The highest BCUT2D eigenvalue weighted by atomic mass is 19.1. The summed E-state index contributed by atoms with van der Waals surface area (Å²) in [5, 5.41) is 3.17. The van der Waals surface area contributed by atoms with Crippen molar-refractivity contribution in [3.05, 3.63) is 72.9 Å². The predicted molar refractivity (Wildman–Crippen MR) is 132 cm³/mol. The zero-order valence-corrected chi connectivity index (χ0v) is 19.3. The molecule has 0 aliphatic rings. The van der Waals surface area contributed by atoms with E-state index in [2.05, 4.69) is 30.2 Å². The van der Waals surface area contributed by atoms with Gasteiger partial charge < -0.3 is 24.4 Å². The number of anilines is 4. The van der Waals surface area contributed by atoms with Gasteiger partial charge in [0, 0.05) is 31.5 Å². The van der Waals surface area contributed by atoms with Gasteiger partial charge in [0.2, 0.25) is 5.95 Å². The highest BCUT2D eigenvalue weighted by molar-refractivity contribution is 5.90. The smallest absolute Gasteiger partial charge is 0.229 e. The highest BCUT2D eigenvalue weighted by Crippen LogP contribution is 2.32. The van der Waals surface area contributed by atoms with Crippen LogP contribution in [0.5, 0.6) is 0 Å². The standard InChI is InChI=1S/C25H24FN7O2/c1-16-23(35-15-30-16)17-6-3-7-18(12-17)31-25-27-13-19(26)24(32-25)33(10-5-11-34-2)21-9-4-8-20-22(21)29-14-28-20/h3-4,6-9,12-15H,5,10-11H2,1-2H3,(H,28,29)(H,27,31,32). The fraction of sp³-hybridized carbons (Fsp3) is 0.200. The minimum absolute atomic E-state index is 0.149. The van der Waals surface area contributed by atoms with Crippen molar-refractivity contribution in [3.63, 3.8) is 0 Å². The molecular weight excluding hydrogens is 449 g/mol. The lowest BCUT2D eigenvalue weighted by atomic mass is 10.1. The molecule has 0 saturated heterocycles. The first kappa shape index (κ1) is 22.5. The molecule has 2 aromatic carbocycles. The molecule has 10 heteroatoms. The minimum Gasteiger partial charge on any atom is -0.443 e. The quantitative estimate of drug-likeness (QED) is 0.275. The number of imidazole rings is 1. The Kier molecular flexibility index (Phi) is 6.36. The Morgan fingerprint density at radius 3 is 2.86 bits per heavy atom. The molecule has 0 atom stereocenters. The summed E-state index contributed by atoms with van der Waals surface area (Å²) in [7, 11) is 1.64. The predicted octanol–water partition coefficient (Wildman–Crippen LogP) is 5.37. The summed E-state index contributed by atoms with van der Waals surface area (Å²) < 4.78 is 25.8. The van der Waals surface area contributed by atoms with Crippen LogP contribution in [0.25, 0.3) is 22.4 Å². The molecule has 0 amide bonds. The van der Waals surface area contributed by atoms with E-state index in [0.29, 0.717) is 25.3 Å². The van der Waals surface area contributed by atoms with Crippen molar-refractivity contribution in [3.8, 4) is 11.3 Å². The van der Waals surface area contributed by atoms with Gasteiger partial charge in [0.25, 0.3) is 0 Å². The van der Waals surface area contributed by atoms with Crippen LogP contribution < -0.4 is 10.2 Å². The molecule has 2 N–H and O–H groups in total. The van der Waals surface area contributed by atoms with Gasteiger partial charge in [-0.3, -0.25) is 0 Å². The van der Waals surface area contributed by atoms with Gasteiger partial charge in [0.05, 0.1) is 29.4 Å². The second-order valence-electron chi connectivity index (χ2n) is 7.91. The van der Waals surface area contributed by atoms with Gasteiger partial charge in [-0.2, -0.15) is 4.98 Å². The number of aryl methyl sites for hydroxylation is 1. The molecule has 0 aliphatic carbocycles. The molecule has 0 fully saturated rings. The average Bonchev–Trinajstić information content (AvgIpc) is 3.52. The van der Waals surface area contributed by atoms with Crippen LogP contribution in [0, 0.1) is 12.7 Å². The molecule has 0 saturated carbocycles. The maximum atomic E-state index is 15.1. The lowest BCUT2D eigenvalue weighted by Gasteiger charge is -2.25. The van der Waals surface area contributed by atoms with E-state index in [1.165, 1.54) is 12.6 Å². The monoisotopic (exact) mass is 473 g/mol. The number of nitrogens with one attached hydrogen (secondary N) is 2. The van der Waals surface area contributed by atoms with E-state index in [9.17, 15) is 0 Å². The van der Waals surface area contributed by atoms with E-state index in [0.717, 1.165) is 33.7 Å². The molecule has 0 spiro atoms. The molecule has 3 aromatic heterocycles. The fourth-order valence-corrected chi connectivity index (χ4v) is 3.93. The van der Waals surface area contributed by atoms with E-state index >= 15 is 4.39 Å². The zero-order valence-electron chi connectivity index (χ0n) is 19.3. The summed E-state index contributed by atoms with van der Waals surface area (Å²) in [6, 6.07) is 13.3. The Labute approximate surface area is 201 Å². The Bertz CT molecular complexity index is 1450. The number of ether oxygens (including phenoxy) is 1. The Balaban J connectivity index is 1.49. The van der Waals surface area contributed by atoms with Crippen molar-refractivity contribution in [1.82, 2.24) is 24.9 Å². The summed E-state index contributed by atoms with van der Waals surface area (Å²) in [5.41, 5.74) is 4.71. The third-order valence-electron chi connectivity index (χ3n) is 5.56. The number of aromatic amines is 1. The van der Waals surface area contributed by atoms with Crippen LogP contribution in [-0.2, 0) is 4.74 Å². The Hall–Kier alpha value is -4.31. The maximum absolute atomic E-state index is 15.1. The average molecular weight is 474 g/mol. The first-order chi connectivity index (χ1) is 17.1. The number of fused-ring (bicyclic) bond motifs is 1. The molecule has 0 bridgehead atoms. The van der Waals surface area contributed by atoms with Gasteiger partial charge in [-0.15, -0.1) is 0 Å². The number of H-pyrrole nitrogens is 1. The second-order valence-corrected chi connectivity index (χ2v) is 7.91. The zero-order chi connectivity index (χ0) is 24.2.